The molecular weight excluding hydrogens is 547 g/mol. The maximum absolute atomic E-state index is 13.6. The molecule has 4 aromatic rings. The molecule has 0 saturated heterocycles. The monoisotopic (exact) mass is 571 g/mol. The second-order valence-corrected chi connectivity index (χ2v) is 10.9. The van der Waals surface area contributed by atoms with Crippen molar-refractivity contribution in [1.82, 2.24) is 14.9 Å². The Labute approximate surface area is 228 Å². The minimum Gasteiger partial charge on any atom is -0.481 e. The average molecular weight is 572 g/mol. The van der Waals surface area contributed by atoms with Gasteiger partial charge in [0.05, 0.1) is 17.6 Å². The molecule has 2 aromatic carbocycles. The summed E-state index contributed by atoms with van der Waals surface area (Å²) in [6.07, 6.45) is -2.10. The molecule has 0 bridgehead atoms. The number of carbonyl (C=O) groups is 1. The highest BCUT2D eigenvalue weighted by Crippen LogP contribution is 2.31. The van der Waals surface area contributed by atoms with E-state index in [2.05, 4.69) is 10.3 Å². The summed E-state index contributed by atoms with van der Waals surface area (Å²) in [4.78, 5) is 31.1. The Morgan fingerprint density at radius 3 is 2.33 bits per heavy atom. The van der Waals surface area contributed by atoms with Gasteiger partial charge in [0, 0.05) is 47.6 Å². The van der Waals surface area contributed by atoms with E-state index in [1.807, 2.05) is 0 Å². The van der Waals surface area contributed by atoms with E-state index in [1.54, 1.807) is 19.1 Å². The van der Waals surface area contributed by atoms with Gasteiger partial charge in [-0.15, -0.1) is 0 Å². The van der Waals surface area contributed by atoms with Gasteiger partial charge in [0.2, 0.25) is 5.88 Å². The zero-order valence-electron chi connectivity index (χ0n) is 21.6. The van der Waals surface area contributed by atoms with E-state index in [-0.39, 0.29) is 22.7 Å². The molecule has 4 rings (SSSR count). The Bertz CT molecular complexity index is 1730. The first kappa shape index (κ1) is 28.6. The summed E-state index contributed by atoms with van der Waals surface area (Å²) < 4.78 is 69.9. The normalized spacial score (nSPS) is 11.8. The van der Waals surface area contributed by atoms with E-state index in [0.29, 0.717) is 28.3 Å². The summed E-state index contributed by atoms with van der Waals surface area (Å²) in [6, 6.07) is 14.7. The van der Waals surface area contributed by atoms with Crippen LogP contribution in [0.5, 0.6) is 5.88 Å². The molecule has 12 heteroatoms. The molecule has 0 fully saturated rings. The first-order chi connectivity index (χ1) is 18.8. The molecule has 208 valence electrons. The Balaban J connectivity index is 1.79. The lowest BCUT2D eigenvalue weighted by molar-refractivity contribution is -0.137. The maximum Gasteiger partial charge on any atom is 0.416 e. The predicted molar refractivity (Wildman–Crippen MR) is 142 cm³/mol. The minimum atomic E-state index is -4.64. The number of nitrogens with one attached hydrogen (secondary N) is 1. The fourth-order valence-corrected chi connectivity index (χ4v) is 4.71. The van der Waals surface area contributed by atoms with E-state index < -0.39 is 33.0 Å². The van der Waals surface area contributed by atoms with E-state index in [9.17, 15) is 31.2 Å². The number of halogens is 3. The third-order valence-corrected chi connectivity index (χ3v) is 7.31. The number of hydrogen-bond donors (Lipinski definition) is 1. The van der Waals surface area contributed by atoms with Crippen LogP contribution in [-0.4, -0.2) is 37.2 Å². The van der Waals surface area contributed by atoms with Crippen LogP contribution in [0, 0.1) is 6.92 Å². The van der Waals surface area contributed by atoms with Gasteiger partial charge in [-0.25, -0.2) is 13.4 Å². The molecule has 0 aliphatic rings. The number of rotatable bonds is 7. The second kappa shape index (κ2) is 11.0. The molecule has 0 unspecified atom stereocenters. The van der Waals surface area contributed by atoms with Gasteiger partial charge >= 0.3 is 6.18 Å². The van der Waals surface area contributed by atoms with Crippen molar-refractivity contribution in [3.8, 4) is 22.7 Å². The number of aromatic nitrogens is 2. The molecule has 8 nitrogen and oxygen atoms in total. The molecule has 1 amide bonds. The third-order valence-electron chi connectivity index (χ3n) is 6.18. The highest BCUT2D eigenvalue weighted by atomic mass is 32.2. The molecule has 0 atom stereocenters. The van der Waals surface area contributed by atoms with E-state index >= 15 is 0 Å². The summed E-state index contributed by atoms with van der Waals surface area (Å²) in [7, 11) is -1.95. The van der Waals surface area contributed by atoms with Crippen LogP contribution < -0.4 is 15.6 Å². The SMILES string of the molecule is COc1ccc(-c2cc(C(=O)NCc3ccc(S(C)(=O)=O)cc3)c(=O)n(-c3cccc(C(F)(F)F)c3)c2C)cn1. The molecule has 0 radical (unpaired) electrons. The van der Waals surface area contributed by atoms with Crippen molar-refractivity contribution >= 4 is 15.7 Å². The van der Waals surface area contributed by atoms with Crippen LogP contribution in [0.1, 0.15) is 27.2 Å². The molecular formula is C28H24F3N3O5S. The van der Waals surface area contributed by atoms with Gasteiger partial charge in [0.25, 0.3) is 11.5 Å². The number of benzene rings is 2. The van der Waals surface area contributed by atoms with Gasteiger partial charge in [0.1, 0.15) is 5.56 Å². The Morgan fingerprint density at radius 2 is 1.75 bits per heavy atom. The van der Waals surface area contributed by atoms with Crippen LogP contribution >= 0.6 is 0 Å². The van der Waals surface area contributed by atoms with Crippen LogP contribution in [0.15, 0.2) is 82.6 Å². The van der Waals surface area contributed by atoms with Crippen molar-refractivity contribution in [1.29, 1.82) is 0 Å². The van der Waals surface area contributed by atoms with Gasteiger partial charge < -0.3 is 10.1 Å². The number of methoxy groups -OCH3 is 1. The fourth-order valence-electron chi connectivity index (χ4n) is 4.08. The largest absolute Gasteiger partial charge is 0.481 e. The van der Waals surface area contributed by atoms with Crippen molar-refractivity contribution in [3.63, 3.8) is 0 Å². The molecule has 2 aromatic heterocycles. The summed E-state index contributed by atoms with van der Waals surface area (Å²) in [5.41, 5.74) is -0.356. The zero-order valence-corrected chi connectivity index (χ0v) is 22.4. The van der Waals surface area contributed by atoms with Gasteiger partial charge in [-0.2, -0.15) is 13.2 Å². The quantitative estimate of drug-likeness (QED) is 0.348. The molecule has 0 aliphatic carbocycles. The maximum atomic E-state index is 13.6. The van der Waals surface area contributed by atoms with Crippen LogP contribution in [0.3, 0.4) is 0 Å². The summed E-state index contributed by atoms with van der Waals surface area (Å²) >= 11 is 0. The molecule has 0 saturated carbocycles. The van der Waals surface area contributed by atoms with Gasteiger partial charge in [0.15, 0.2) is 9.84 Å². The van der Waals surface area contributed by atoms with Crippen molar-refractivity contribution in [3.05, 3.63) is 106 Å². The molecule has 0 spiro atoms. The number of ether oxygens (including phenoxy) is 1. The van der Waals surface area contributed by atoms with Crippen LogP contribution in [0.25, 0.3) is 16.8 Å². The zero-order chi connectivity index (χ0) is 29.2. The van der Waals surface area contributed by atoms with E-state index in [4.69, 9.17) is 4.74 Å². The van der Waals surface area contributed by atoms with Crippen LogP contribution in [0.2, 0.25) is 0 Å². The minimum absolute atomic E-state index is 0.0286. The van der Waals surface area contributed by atoms with E-state index in [0.717, 1.165) is 23.0 Å². The average Bonchev–Trinajstić information content (AvgIpc) is 2.91. The number of hydrogen-bond acceptors (Lipinski definition) is 6. The van der Waals surface area contributed by atoms with Crippen molar-refractivity contribution in [2.24, 2.45) is 0 Å². The topological polar surface area (TPSA) is 107 Å². The Kier molecular flexibility index (Phi) is 7.83. The Morgan fingerprint density at radius 1 is 1.05 bits per heavy atom. The van der Waals surface area contributed by atoms with E-state index in [1.165, 1.54) is 55.8 Å². The van der Waals surface area contributed by atoms with Crippen LogP contribution in [0.4, 0.5) is 13.2 Å². The lowest BCUT2D eigenvalue weighted by Crippen LogP contribution is -2.33. The number of amides is 1. The Hall–Kier alpha value is -4.45. The predicted octanol–water partition coefficient (Wildman–Crippen LogP) is 4.57. The third kappa shape index (κ3) is 6.07. The number of pyridine rings is 2. The smallest absolute Gasteiger partial charge is 0.416 e. The molecule has 2 heterocycles. The summed E-state index contributed by atoms with van der Waals surface area (Å²) in [5.74, 6) is -0.437. The fraction of sp³-hybridized carbons (Fsp3) is 0.179. The number of alkyl halides is 3. The first-order valence-corrected chi connectivity index (χ1v) is 13.7. The number of carbonyl (C=O) groups excluding carboxylic acids is 1. The first-order valence-electron chi connectivity index (χ1n) is 11.8. The standard InChI is InChI=1S/C28H24F3N3O5S/c1-17-23(19-9-12-25(39-2)32-16-19)14-24(26(35)33-15-18-7-10-22(11-8-18)40(3,37)38)27(36)34(17)21-6-4-5-20(13-21)28(29,30)31/h4-14,16H,15H2,1-3H3,(H,33,35). The molecule has 0 aliphatic heterocycles. The lowest BCUT2D eigenvalue weighted by atomic mass is 10.0. The number of sulfone groups is 1. The van der Waals surface area contributed by atoms with Gasteiger partial charge in [-0.1, -0.05) is 18.2 Å². The highest BCUT2D eigenvalue weighted by Gasteiger charge is 2.31. The number of nitrogens with zero attached hydrogens (tertiary/aromatic N) is 2. The van der Waals surface area contributed by atoms with Crippen molar-refractivity contribution in [2.45, 2.75) is 24.5 Å². The highest BCUT2D eigenvalue weighted by molar-refractivity contribution is 7.90. The molecule has 1 N–H and O–H groups in total. The van der Waals surface area contributed by atoms with Gasteiger partial charge in [-0.05, 0) is 55.0 Å². The van der Waals surface area contributed by atoms with Gasteiger partial charge in [-0.3, -0.25) is 14.2 Å². The van der Waals surface area contributed by atoms with Crippen LogP contribution in [-0.2, 0) is 22.6 Å². The summed E-state index contributed by atoms with van der Waals surface area (Å²) in [6.45, 7) is 1.53. The van der Waals surface area contributed by atoms with Crippen molar-refractivity contribution < 1.29 is 31.1 Å². The van der Waals surface area contributed by atoms with Crippen molar-refractivity contribution in [2.75, 3.05) is 13.4 Å². The molecule has 40 heavy (non-hydrogen) atoms. The lowest BCUT2D eigenvalue weighted by Gasteiger charge is -2.18. The second-order valence-electron chi connectivity index (χ2n) is 8.93. The summed E-state index contributed by atoms with van der Waals surface area (Å²) in [5, 5.41) is 2.63.